The van der Waals surface area contributed by atoms with E-state index in [9.17, 15) is 15.0 Å². The van der Waals surface area contributed by atoms with Crippen LogP contribution >= 0.6 is 0 Å². The Morgan fingerprint density at radius 2 is 1.88 bits per heavy atom. The van der Waals surface area contributed by atoms with E-state index in [1.54, 1.807) is 6.92 Å². The molecule has 0 bridgehead atoms. The first kappa shape index (κ1) is 18.7. The normalized spacial score (nSPS) is 17.6. The van der Waals surface area contributed by atoms with Gasteiger partial charge in [0.05, 0.1) is 12.2 Å². The van der Waals surface area contributed by atoms with Crippen molar-refractivity contribution in [3.8, 4) is 0 Å². The molecule has 1 saturated heterocycles. The minimum Gasteiger partial charge on any atom is -0.393 e. The number of hydrogen-bond donors (Lipinski definition) is 3. The van der Waals surface area contributed by atoms with Gasteiger partial charge in [0.15, 0.2) is 0 Å². The summed E-state index contributed by atoms with van der Waals surface area (Å²) < 4.78 is 0. The van der Waals surface area contributed by atoms with Crippen molar-refractivity contribution in [2.24, 2.45) is 5.41 Å². The third-order valence-electron chi connectivity index (χ3n) is 4.53. The Bertz CT molecular complexity index is 532. The maximum absolute atomic E-state index is 12.3. The van der Waals surface area contributed by atoms with E-state index in [0.29, 0.717) is 18.5 Å². The molecule has 1 amide bonds. The molecule has 3 N–H and O–H groups in total. The number of benzene rings is 1. The second-order valence-electron chi connectivity index (χ2n) is 7.67. The third kappa shape index (κ3) is 5.49. The number of rotatable bonds is 6. The largest absolute Gasteiger partial charge is 0.393 e. The van der Waals surface area contributed by atoms with Gasteiger partial charge in [0.25, 0.3) is 5.91 Å². The van der Waals surface area contributed by atoms with Gasteiger partial charge in [-0.1, -0.05) is 13.8 Å². The molecule has 134 valence electrons. The molecular weight excluding hydrogens is 304 g/mol. The fraction of sp³-hybridized carbons (Fsp3) is 0.632. The summed E-state index contributed by atoms with van der Waals surface area (Å²) in [5.41, 5.74) is 1.59. The lowest BCUT2D eigenvalue weighted by Gasteiger charge is -2.31. The van der Waals surface area contributed by atoms with Crippen molar-refractivity contribution in [3.05, 3.63) is 29.8 Å². The number of piperidine rings is 1. The molecule has 1 heterocycles. The van der Waals surface area contributed by atoms with E-state index < -0.39 is 0 Å². The van der Waals surface area contributed by atoms with Crippen molar-refractivity contribution in [3.63, 3.8) is 0 Å². The van der Waals surface area contributed by atoms with Crippen LogP contribution in [0.1, 0.15) is 50.4 Å². The third-order valence-corrected chi connectivity index (χ3v) is 4.53. The van der Waals surface area contributed by atoms with E-state index in [1.165, 1.54) is 0 Å². The molecule has 1 aliphatic heterocycles. The van der Waals surface area contributed by atoms with Gasteiger partial charge >= 0.3 is 0 Å². The molecule has 1 aromatic rings. The van der Waals surface area contributed by atoms with Crippen molar-refractivity contribution in [2.75, 3.05) is 24.5 Å². The van der Waals surface area contributed by atoms with Gasteiger partial charge < -0.3 is 20.4 Å². The number of nitrogens with one attached hydrogen (secondary N) is 1. The summed E-state index contributed by atoms with van der Waals surface area (Å²) in [5.74, 6) is -0.0886. The average molecular weight is 334 g/mol. The van der Waals surface area contributed by atoms with Crippen molar-refractivity contribution in [1.82, 2.24) is 5.32 Å². The second-order valence-corrected chi connectivity index (χ2v) is 7.67. The summed E-state index contributed by atoms with van der Waals surface area (Å²) in [4.78, 5) is 14.5. The van der Waals surface area contributed by atoms with Crippen LogP contribution in [-0.2, 0) is 0 Å². The average Bonchev–Trinajstić information content (AvgIpc) is 2.52. The molecule has 24 heavy (non-hydrogen) atoms. The van der Waals surface area contributed by atoms with E-state index in [1.807, 2.05) is 38.1 Å². The Morgan fingerprint density at radius 1 is 1.29 bits per heavy atom. The fourth-order valence-electron chi connectivity index (χ4n) is 3.24. The van der Waals surface area contributed by atoms with Crippen molar-refractivity contribution in [1.29, 1.82) is 0 Å². The molecule has 1 aromatic carbocycles. The second kappa shape index (κ2) is 7.99. The SMILES string of the molecule is CC(O)CC(C)(C)CNC(=O)c1ccc(N2CCC(O)CC2)cc1. The molecule has 0 aromatic heterocycles. The molecular formula is C19H30N2O3. The van der Waals surface area contributed by atoms with Gasteiger partial charge in [-0.2, -0.15) is 0 Å². The molecule has 5 heteroatoms. The van der Waals surface area contributed by atoms with Gasteiger partial charge in [0.2, 0.25) is 0 Å². The highest BCUT2D eigenvalue weighted by Crippen LogP contribution is 2.22. The number of anilines is 1. The lowest BCUT2D eigenvalue weighted by molar-refractivity contribution is 0.0902. The highest BCUT2D eigenvalue weighted by atomic mass is 16.3. The minimum atomic E-state index is -0.376. The zero-order chi connectivity index (χ0) is 17.7. The highest BCUT2D eigenvalue weighted by Gasteiger charge is 2.22. The Kier molecular flexibility index (Phi) is 6.24. The predicted octanol–water partition coefficient (Wildman–Crippen LogP) is 2.17. The van der Waals surface area contributed by atoms with Gasteiger partial charge in [-0.3, -0.25) is 4.79 Å². The van der Waals surface area contributed by atoms with Crippen LogP contribution in [-0.4, -0.2) is 48.0 Å². The highest BCUT2D eigenvalue weighted by molar-refractivity contribution is 5.94. The summed E-state index contributed by atoms with van der Waals surface area (Å²) in [6.07, 6.45) is 1.67. The van der Waals surface area contributed by atoms with Crippen LogP contribution in [0, 0.1) is 5.41 Å². The molecule has 5 nitrogen and oxygen atoms in total. The van der Waals surface area contributed by atoms with Crippen molar-refractivity contribution in [2.45, 2.75) is 52.2 Å². The number of carbonyl (C=O) groups excluding carboxylic acids is 1. The molecule has 0 saturated carbocycles. The summed E-state index contributed by atoms with van der Waals surface area (Å²) in [5, 5.41) is 22.0. The monoisotopic (exact) mass is 334 g/mol. The van der Waals surface area contributed by atoms with Gasteiger partial charge in [-0.25, -0.2) is 0 Å². The van der Waals surface area contributed by atoms with Crippen LogP contribution in [0.25, 0.3) is 0 Å². The quantitative estimate of drug-likeness (QED) is 0.745. The summed E-state index contributed by atoms with van der Waals surface area (Å²) in [6, 6.07) is 7.62. The van der Waals surface area contributed by atoms with Gasteiger partial charge in [0.1, 0.15) is 0 Å². The van der Waals surface area contributed by atoms with E-state index in [2.05, 4.69) is 10.2 Å². The molecule has 1 aliphatic rings. The van der Waals surface area contributed by atoms with Crippen molar-refractivity contribution < 1.29 is 15.0 Å². The molecule has 1 atom stereocenters. The topological polar surface area (TPSA) is 72.8 Å². The van der Waals surface area contributed by atoms with Gasteiger partial charge in [-0.15, -0.1) is 0 Å². The fourth-order valence-corrected chi connectivity index (χ4v) is 3.24. The number of aliphatic hydroxyl groups is 2. The molecule has 0 radical (unpaired) electrons. The Labute approximate surface area is 144 Å². The van der Waals surface area contributed by atoms with Gasteiger partial charge in [-0.05, 0) is 55.9 Å². The number of aliphatic hydroxyl groups excluding tert-OH is 2. The lowest BCUT2D eigenvalue weighted by atomic mass is 9.87. The Hall–Kier alpha value is -1.59. The van der Waals surface area contributed by atoms with E-state index >= 15 is 0 Å². The number of hydrogen-bond acceptors (Lipinski definition) is 4. The first-order valence-electron chi connectivity index (χ1n) is 8.76. The number of amides is 1. The Morgan fingerprint density at radius 3 is 2.42 bits per heavy atom. The maximum Gasteiger partial charge on any atom is 0.251 e. The predicted molar refractivity (Wildman–Crippen MR) is 96.3 cm³/mol. The zero-order valence-corrected chi connectivity index (χ0v) is 15.0. The number of nitrogens with zero attached hydrogens (tertiary/aromatic N) is 1. The van der Waals surface area contributed by atoms with Crippen molar-refractivity contribution >= 4 is 11.6 Å². The molecule has 0 aliphatic carbocycles. The van der Waals surface area contributed by atoms with Crippen LogP contribution in [0.15, 0.2) is 24.3 Å². The van der Waals surface area contributed by atoms with Crippen LogP contribution in [0.3, 0.4) is 0 Å². The molecule has 1 fully saturated rings. The Balaban J connectivity index is 1.89. The summed E-state index contributed by atoms with van der Waals surface area (Å²) in [6.45, 7) is 8.06. The standard InChI is InChI=1S/C19H30N2O3/c1-14(22)12-19(2,3)13-20-18(24)15-4-6-16(7-5-15)21-10-8-17(23)9-11-21/h4-7,14,17,22-23H,8-13H2,1-3H3,(H,20,24). The van der Waals surface area contributed by atoms with E-state index in [4.69, 9.17) is 0 Å². The molecule has 1 unspecified atom stereocenters. The smallest absolute Gasteiger partial charge is 0.251 e. The van der Waals surface area contributed by atoms with Crippen LogP contribution in [0.5, 0.6) is 0 Å². The van der Waals surface area contributed by atoms with Crippen LogP contribution in [0.2, 0.25) is 0 Å². The minimum absolute atomic E-state index is 0.0886. The first-order chi connectivity index (χ1) is 11.3. The lowest BCUT2D eigenvalue weighted by Crippen LogP contribution is -2.36. The molecule has 2 rings (SSSR count). The van der Waals surface area contributed by atoms with Gasteiger partial charge in [0, 0.05) is 30.9 Å². The maximum atomic E-state index is 12.3. The first-order valence-corrected chi connectivity index (χ1v) is 8.76. The molecule has 0 spiro atoms. The summed E-state index contributed by atoms with van der Waals surface area (Å²) >= 11 is 0. The van der Waals surface area contributed by atoms with E-state index in [0.717, 1.165) is 31.6 Å². The van der Waals surface area contributed by atoms with Crippen LogP contribution < -0.4 is 10.2 Å². The van der Waals surface area contributed by atoms with E-state index in [-0.39, 0.29) is 23.5 Å². The summed E-state index contributed by atoms with van der Waals surface area (Å²) in [7, 11) is 0. The van der Waals surface area contributed by atoms with Crippen LogP contribution in [0.4, 0.5) is 5.69 Å². The number of carbonyl (C=O) groups is 1. The zero-order valence-electron chi connectivity index (χ0n) is 15.0.